The van der Waals surface area contributed by atoms with E-state index in [1.807, 2.05) is 6.92 Å². The summed E-state index contributed by atoms with van der Waals surface area (Å²) < 4.78 is 0. The Labute approximate surface area is 183 Å². The Morgan fingerprint density at radius 2 is 1.93 bits per heavy atom. The summed E-state index contributed by atoms with van der Waals surface area (Å²) in [6.45, 7) is 2.56. The number of aromatic nitrogens is 2. The van der Waals surface area contributed by atoms with Crippen LogP contribution in [0.25, 0.3) is 10.9 Å². The van der Waals surface area contributed by atoms with Crippen LogP contribution in [0.1, 0.15) is 29.5 Å². The number of carbonyl (C=O) groups is 2. The highest BCUT2D eigenvalue weighted by Crippen LogP contribution is 2.16. The van der Waals surface area contributed by atoms with Gasteiger partial charge in [0.25, 0.3) is 11.5 Å². The van der Waals surface area contributed by atoms with Gasteiger partial charge in [0.05, 0.1) is 28.0 Å². The summed E-state index contributed by atoms with van der Waals surface area (Å²) in [5.41, 5.74) is 0.537. The van der Waals surface area contributed by atoms with E-state index in [2.05, 4.69) is 15.3 Å². The van der Waals surface area contributed by atoms with Crippen molar-refractivity contribution in [3.8, 4) is 0 Å². The first-order valence-corrected chi connectivity index (χ1v) is 10.1. The minimum absolute atomic E-state index is 0.105. The second-order valence-corrected chi connectivity index (χ2v) is 7.41. The van der Waals surface area contributed by atoms with Crippen molar-refractivity contribution in [2.45, 2.75) is 19.9 Å². The molecule has 0 fully saturated rings. The summed E-state index contributed by atoms with van der Waals surface area (Å²) in [5, 5.41) is 3.95. The number of nitrogens with one attached hydrogen (secondary N) is 2. The number of hydrogen-bond donors (Lipinski definition) is 2. The SMILES string of the molecule is CCN(Cc1nc2cc(Cl)ccc2c(=O)[nH]1)C(=O)CCNC(=O)c1ccccc1Cl. The molecule has 3 rings (SSSR count). The highest BCUT2D eigenvalue weighted by atomic mass is 35.5. The number of rotatable bonds is 7. The van der Waals surface area contributed by atoms with Gasteiger partial charge in [0.15, 0.2) is 0 Å². The molecule has 1 heterocycles. The van der Waals surface area contributed by atoms with Crippen LogP contribution in [0, 0.1) is 0 Å². The second kappa shape index (κ2) is 9.73. The van der Waals surface area contributed by atoms with Crippen molar-refractivity contribution in [1.82, 2.24) is 20.2 Å². The number of amides is 2. The lowest BCUT2D eigenvalue weighted by Crippen LogP contribution is -2.35. The zero-order chi connectivity index (χ0) is 21.7. The van der Waals surface area contributed by atoms with E-state index in [4.69, 9.17) is 23.2 Å². The van der Waals surface area contributed by atoms with E-state index in [1.54, 1.807) is 47.4 Å². The number of hydrogen-bond acceptors (Lipinski definition) is 4. The quantitative estimate of drug-likeness (QED) is 0.581. The topological polar surface area (TPSA) is 95.2 Å². The Balaban J connectivity index is 1.62. The summed E-state index contributed by atoms with van der Waals surface area (Å²) >= 11 is 12.0. The predicted octanol–water partition coefficient (Wildman–Crippen LogP) is 3.40. The number of fused-ring (bicyclic) bond motifs is 1. The van der Waals surface area contributed by atoms with Gasteiger partial charge in [0.2, 0.25) is 5.91 Å². The molecule has 2 amide bonds. The van der Waals surface area contributed by atoms with Gasteiger partial charge in [-0.1, -0.05) is 35.3 Å². The van der Waals surface area contributed by atoms with E-state index in [0.717, 1.165) is 0 Å². The Morgan fingerprint density at radius 1 is 1.17 bits per heavy atom. The molecule has 0 atom stereocenters. The van der Waals surface area contributed by atoms with E-state index < -0.39 is 0 Å². The van der Waals surface area contributed by atoms with Crippen LogP contribution < -0.4 is 10.9 Å². The zero-order valence-electron chi connectivity index (χ0n) is 16.2. The molecule has 0 aliphatic heterocycles. The summed E-state index contributed by atoms with van der Waals surface area (Å²) in [6, 6.07) is 11.5. The molecule has 156 valence electrons. The molecule has 7 nitrogen and oxygen atoms in total. The van der Waals surface area contributed by atoms with Gasteiger partial charge in [0.1, 0.15) is 5.82 Å². The highest BCUT2D eigenvalue weighted by molar-refractivity contribution is 6.33. The normalized spacial score (nSPS) is 10.8. The first kappa shape index (κ1) is 21.8. The van der Waals surface area contributed by atoms with Gasteiger partial charge in [-0.05, 0) is 37.3 Å². The van der Waals surface area contributed by atoms with Crippen molar-refractivity contribution in [1.29, 1.82) is 0 Å². The van der Waals surface area contributed by atoms with Crippen LogP contribution in [-0.4, -0.2) is 39.8 Å². The predicted molar refractivity (Wildman–Crippen MR) is 117 cm³/mol. The van der Waals surface area contributed by atoms with Crippen molar-refractivity contribution in [2.75, 3.05) is 13.1 Å². The molecule has 0 aliphatic carbocycles. The molecule has 3 aromatic rings. The van der Waals surface area contributed by atoms with Crippen molar-refractivity contribution in [2.24, 2.45) is 0 Å². The van der Waals surface area contributed by atoms with Crippen molar-refractivity contribution >= 4 is 45.9 Å². The van der Waals surface area contributed by atoms with E-state index in [0.29, 0.717) is 38.9 Å². The summed E-state index contributed by atoms with van der Waals surface area (Å²) in [7, 11) is 0. The Hall–Kier alpha value is -2.90. The first-order valence-electron chi connectivity index (χ1n) is 9.38. The molecular formula is C21H20Cl2N4O3. The lowest BCUT2D eigenvalue weighted by Gasteiger charge is -2.20. The van der Waals surface area contributed by atoms with Crippen LogP contribution in [0.4, 0.5) is 0 Å². The van der Waals surface area contributed by atoms with Crippen LogP contribution in [0.15, 0.2) is 47.3 Å². The van der Waals surface area contributed by atoms with Crippen LogP contribution in [-0.2, 0) is 11.3 Å². The molecule has 1 aromatic heterocycles. The number of carbonyl (C=O) groups excluding carboxylic acids is 2. The third-order valence-corrected chi connectivity index (χ3v) is 5.10. The fourth-order valence-electron chi connectivity index (χ4n) is 2.97. The van der Waals surface area contributed by atoms with Crippen LogP contribution >= 0.6 is 23.2 Å². The van der Waals surface area contributed by atoms with E-state index in [9.17, 15) is 14.4 Å². The maximum Gasteiger partial charge on any atom is 0.258 e. The van der Waals surface area contributed by atoms with E-state index in [1.165, 1.54) is 0 Å². The molecule has 30 heavy (non-hydrogen) atoms. The highest BCUT2D eigenvalue weighted by Gasteiger charge is 2.16. The van der Waals surface area contributed by atoms with Gasteiger partial charge in [-0.3, -0.25) is 14.4 Å². The molecule has 0 radical (unpaired) electrons. The van der Waals surface area contributed by atoms with Gasteiger partial charge in [-0.2, -0.15) is 0 Å². The lowest BCUT2D eigenvalue weighted by atomic mass is 10.2. The number of H-pyrrole nitrogens is 1. The molecule has 0 saturated carbocycles. The van der Waals surface area contributed by atoms with Gasteiger partial charge < -0.3 is 15.2 Å². The van der Waals surface area contributed by atoms with Gasteiger partial charge in [-0.15, -0.1) is 0 Å². The van der Waals surface area contributed by atoms with Crippen molar-refractivity contribution in [3.05, 3.63) is 74.3 Å². The zero-order valence-corrected chi connectivity index (χ0v) is 17.8. The Kier molecular flexibility index (Phi) is 7.07. The lowest BCUT2D eigenvalue weighted by molar-refractivity contribution is -0.131. The molecule has 2 aromatic carbocycles. The smallest absolute Gasteiger partial charge is 0.258 e. The standard InChI is InChI=1S/C21H20Cl2N4O3/c1-2-27(12-18-25-17-11-13(22)7-8-15(17)21(30)26-18)19(28)9-10-24-20(29)14-5-3-4-6-16(14)23/h3-8,11H,2,9-10,12H2,1H3,(H,24,29)(H,25,26,30). The molecule has 0 bridgehead atoms. The molecule has 0 spiro atoms. The largest absolute Gasteiger partial charge is 0.351 e. The summed E-state index contributed by atoms with van der Waals surface area (Å²) in [6.07, 6.45) is 0.105. The third kappa shape index (κ3) is 5.17. The Bertz CT molecular complexity index is 1150. The number of benzene rings is 2. The van der Waals surface area contributed by atoms with Crippen LogP contribution in [0.2, 0.25) is 10.0 Å². The van der Waals surface area contributed by atoms with Gasteiger partial charge in [-0.25, -0.2) is 4.98 Å². The van der Waals surface area contributed by atoms with Gasteiger partial charge >= 0.3 is 0 Å². The number of nitrogens with zero attached hydrogens (tertiary/aromatic N) is 2. The van der Waals surface area contributed by atoms with E-state index >= 15 is 0 Å². The van der Waals surface area contributed by atoms with Gasteiger partial charge in [0, 0.05) is 24.5 Å². The maximum atomic E-state index is 12.6. The number of aromatic amines is 1. The molecule has 0 unspecified atom stereocenters. The molecule has 2 N–H and O–H groups in total. The first-order chi connectivity index (χ1) is 14.4. The van der Waals surface area contributed by atoms with Crippen LogP contribution in [0.5, 0.6) is 0 Å². The Morgan fingerprint density at radius 3 is 2.67 bits per heavy atom. The third-order valence-electron chi connectivity index (χ3n) is 4.54. The minimum Gasteiger partial charge on any atom is -0.351 e. The molecule has 0 aliphatic rings. The van der Waals surface area contributed by atoms with Crippen molar-refractivity contribution < 1.29 is 9.59 Å². The average Bonchev–Trinajstić information content (AvgIpc) is 2.71. The fraction of sp³-hybridized carbons (Fsp3) is 0.238. The summed E-state index contributed by atoms with van der Waals surface area (Å²) in [4.78, 5) is 45.7. The van der Waals surface area contributed by atoms with Crippen LogP contribution in [0.3, 0.4) is 0 Å². The van der Waals surface area contributed by atoms with Crippen molar-refractivity contribution in [3.63, 3.8) is 0 Å². The van der Waals surface area contributed by atoms with E-state index in [-0.39, 0.29) is 36.9 Å². The fourth-order valence-corrected chi connectivity index (χ4v) is 3.36. The monoisotopic (exact) mass is 446 g/mol. The minimum atomic E-state index is -0.339. The summed E-state index contributed by atoms with van der Waals surface area (Å²) in [5.74, 6) is -0.148. The average molecular weight is 447 g/mol. The molecule has 9 heteroatoms. The second-order valence-electron chi connectivity index (χ2n) is 6.57. The maximum absolute atomic E-state index is 12.6. The molecule has 0 saturated heterocycles. The number of halogens is 2. The molecular weight excluding hydrogens is 427 g/mol.